The first-order valence-electron chi connectivity index (χ1n) is 16.0. The van der Waals surface area contributed by atoms with Crippen LogP contribution in [0.1, 0.15) is 31.7 Å². The average molecular weight is 654 g/mol. The Morgan fingerprint density at radius 2 is 2.04 bits per heavy atom. The summed E-state index contributed by atoms with van der Waals surface area (Å²) in [4.78, 5) is 30.5. The number of rotatable bonds is 3. The first-order valence-corrected chi connectivity index (χ1v) is 16.0. The molecule has 0 saturated carbocycles. The quantitative estimate of drug-likeness (QED) is 0.317. The topological polar surface area (TPSA) is 128 Å². The Morgan fingerprint density at radius 3 is 2.94 bits per heavy atom. The fourth-order valence-electron chi connectivity index (χ4n) is 7.54. The van der Waals surface area contributed by atoms with Crippen molar-refractivity contribution in [2.24, 2.45) is 5.92 Å². The molecule has 0 spiro atoms. The molecule has 4 aromatic rings. The molecule has 9 rings (SSSR count). The first-order chi connectivity index (χ1) is 22.8. The van der Waals surface area contributed by atoms with Crippen LogP contribution in [0.2, 0.25) is 0 Å². The minimum absolute atomic E-state index is 0.0201. The standard InChI is InChI=1S/C32H34F3N7O5/c1-32-15-42(7-9-44-16-32)29-19-11-36-28(25-17(4-3-8-45-31(43)47-32)21(33)10-23-18(25)12-37-40-23)26(35)27(19)38-30(39-29)46-14-20-22(34)13-41-6-2-5-24(20)41/h10-12,20,22,24H,2-9,13-16H2,1H3,(H,37,40)/t20-,22+,24?,32+/m1/s1. The highest BCUT2D eigenvalue weighted by molar-refractivity contribution is 5.99. The molecule has 5 aliphatic rings. The zero-order chi connectivity index (χ0) is 32.3. The maximum Gasteiger partial charge on any atom is 0.508 e. The number of ether oxygens (including phenoxy) is 4. The molecule has 47 heavy (non-hydrogen) atoms. The Labute approximate surface area is 267 Å². The molecule has 0 radical (unpaired) electrons. The second-order valence-corrected chi connectivity index (χ2v) is 13.0. The number of H-pyrrole nitrogens is 1. The summed E-state index contributed by atoms with van der Waals surface area (Å²) in [5.41, 5.74) is -0.593. The van der Waals surface area contributed by atoms with Crippen LogP contribution in [0.3, 0.4) is 0 Å². The van der Waals surface area contributed by atoms with Gasteiger partial charge < -0.3 is 23.8 Å². The largest absolute Gasteiger partial charge is 0.508 e. The van der Waals surface area contributed by atoms with Gasteiger partial charge in [-0.25, -0.2) is 18.0 Å². The zero-order valence-corrected chi connectivity index (χ0v) is 25.8. The molecular formula is C32H34F3N7O5. The maximum absolute atomic E-state index is 16.9. The van der Waals surface area contributed by atoms with Crippen molar-refractivity contribution < 1.29 is 36.9 Å². The Bertz CT molecular complexity index is 1860. The number of anilines is 1. The van der Waals surface area contributed by atoms with E-state index in [2.05, 4.69) is 25.1 Å². The molecule has 8 heterocycles. The number of fused-ring (bicyclic) bond motifs is 8. The van der Waals surface area contributed by atoms with Crippen molar-refractivity contribution in [2.75, 3.05) is 57.5 Å². The first kappa shape index (κ1) is 30.1. The molecular weight excluding hydrogens is 619 g/mol. The van der Waals surface area contributed by atoms with E-state index in [-0.39, 0.29) is 97.3 Å². The van der Waals surface area contributed by atoms with Gasteiger partial charge in [0.05, 0.1) is 50.1 Å². The van der Waals surface area contributed by atoms with Crippen molar-refractivity contribution >= 4 is 33.8 Å². The molecule has 1 aromatic carbocycles. The number of benzene rings is 1. The van der Waals surface area contributed by atoms with Crippen LogP contribution in [-0.4, -0.2) is 107 Å². The summed E-state index contributed by atoms with van der Waals surface area (Å²) < 4.78 is 70.6. The van der Waals surface area contributed by atoms with Gasteiger partial charge in [0.2, 0.25) is 0 Å². The molecule has 3 saturated heterocycles. The van der Waals surface area contributed by atoms with E-state index in [0.29, 0.717) is 24.0 Å². The van der Waals surface area contributed by atoms with Crippen molar-refractivity contribution in [3.63, 3.8) is 0 Å². The molecule has 1 N–H and O–H groups in total. The van der Waals surface area contributed by atoms with Gasteiger partial charge in [-0.2, -0.15) is 15.1 Å². The molecule has 0 aliphatic carbocycles. The molecule has 12 nitrogen and oxygen atoms in total. The van der Waals surface area contributed by atoms with Crippen molar-refractivity contribution in [3.05, 3.63) is 35.7 Å². The van der Waals surface area contributed by atoms with Gasteiger partial charge in [-0.3, -0.25) is 15.0 Å². The Hall–Kier alpha value is -4.24. The third-order valence-electron chi connectivity index (χ3n) is 9.73. The van der Waals surface area contributed by atoms with Gasteiger partial charge in [0, 0.05) is 42.2 Å². The molecule has 6 bridgehead atoms. The molecule has 3 fully saturated rings. The number of nitrogens with one attached hydrogen (secondary N) is 1. The minimum atomic E-state index is -1.16. The molecule has 248 valence electrons. The van der Waals surface area contributed by atoms with Crippen molar-refractivity contribution in [1.82, 2.24) is 30.0 Å². The van der Waals surface area contributed by atoms with Crippen LogP contribution in [0.5, 0.6) is 6.01 Å². The number of hydrogen-bond donors (Lipinski definition) is 1. The molecule has 1 unspecified atom stereocenters. The van der Waals surface area contributed by atoms with Crippen LogP contribution < -0.4 is 9.64 Å². The number of pyridine rings is 1. The number of alkyl halides is 1. The van der Waals surface area contributed by atoms with E-state index in [1.807, 2.05) is 0 Å². The van der Waals surface area contributed by atoms with E-state index in [1.54, 1.807) is 11.8 Å². The van der Waals surface area contributed by atoms with Crippen LogP contribution >= 0.6 is 0 Å². The second-order valence-electron chi connectivity index (χ2n) is 13.0. The predicted octanol–water partition coefficient (Wildman–Crippen LogP) is 4.35. The van der Waals surface area contributed by atoms with Crippen LogP contribution in [0.4, 0.5) is 23.8 Å². The molecule has 0 amide bonds. The summed E-state index contributed by atoms with van der Waals surface area (Å²) in [6.07, 6.45) is 3.23. The highest BCUT2D eigenvalue weighted by atomic mass is 19.1. The van der Waals surface area contributed by atoms with Gasteiger partial charge in [-0.1, -0.05) is 0 Å². The SMILES string of the molecule is C[C@@]12COCCN(C1)c1nc(OC[C@H]3C4CCCN4C[C@@H]3F)nc3c(F)c(ncc13)-c1c(c(F)cc3[nH]ncc13)CCCOC(=O)O2. The Morgan fingerprint density at radius 1 is 1.15 bits per heavy atom. The molecule has 3 aromatic heterocycles. The van der Waals surface area contributed by atoms with Crippen LogP contribution in [0.15, 0.2) is 18.5 Å². The number of carbonyl (C=O) groups excluding carboxylic acids is 1. The minimum Gasteiger partial charge on any atom is -0.463 e. The van der Waals surface area contributed by atoms with Gasteiger partial charge in [0.25, 0.3) is 0 Å². The second kappa shape index (κ2) is 11.8. The van der Waals surface area contributed by atoms with Crippen LogP contribution in [-0.2, 0) is 20.6 Å². The highest BCUT2D eigenvalue weighted by Gasteiger charge is 2.45. The van der Waals surface area contributed by atoms with Gasteiger partial charge in [-0.15, -0.1) is 0 Å². The Kier molecular flexibility index (Phi) is 7.54. The maximum atomic E-state index is 16.9. The molecule has 5 aliphatic heterocycles. The lowest BCUT2D eigenvalue weighted by molar-refractivity contribution is -0.0575. The fraction of sp³-hybridized carbons (Fsp3) is 0.531. The van der Waals surface area contributed by atoms with E-state index >= 15 is 13.2 Å². The normalized spacial score (nSPS) is 26.8. The van der Waals surface area contributed by atoms with Gasteiger partial charge in [0.1, 0.15) is 29.0 Å². The third-order valence-corrected chi connectivity index (χ3v) is 9.73. The van der Waals surface area contributed by atoms with Crippen LogP contribution in [0.25, 0.3) is 33.1 Å². The number of aromatic nitrogens is 5. The van der Waals surface area contributed by atoms with Crippen molar-refractivity contribution in [3.8, 4) is 17.3 Å². The van der Waals surface area contributed by atoms with Crippen molar-refractivity contribution in [1.29, 1.82) is 0 Å². The summed E-state index contributed by atoms with van der Waals surface area (Å²) in [7, 11) is 0. The van der Waals surface area contributed by atoms with Crippen LogP contribution in [0, 0.1) is 17.6 Å². The third kappa shape index (κ3) is 5.38. The van der Waals surface area contributed by atoms with E-state index in [4.69, 9.17) is 23.9 Å². The fourth-order valence-corrected chi connectivity index (χ4v) is 7.54. The van der Waals surface area contributed by atoms with Gasteiger partial charge in [0.15, 0.2) is 11.4 Å². The van der Waals surface area contributed by atoms with E-state index < -0.39 is 29.6 Å². The van der Waals surface area contributed by atoms with Crippen molar-refractivity contribution in [2.45, 2.75) is 50.4 Å². The number of hydrogen-bond acceptors (Lipinski definition) is 11. The molecule has 4 atom stereocenters. The average Bonchev–Trinajstić information content (AvgIpc) is 3.73. The summed E-state index contributed by atoms with van der Waals surface area (Å²) in [5.74, 6) is -1.47. The Balaban J connectivity index is 1.29. The summed E-state index contributed by atoms with van der Waals surface area (Å²) in [5, 5.41) is 7.54. The van der Waals surface area contributed by atoms with E-state index in [1.165, 1.54) is 18.5 Å². The summed E-state index contributed by atoms with van der Waals surface area (Å²) >= 11 is 0. The lowest BCUT2D eigenvalue weighted by atomic mass is 9.95. The monoisotopic (exact) mass is 653 g/mol. The summed E-state index contributed by atoms with van der Waals surface area (Å²) in [6, 6.07) is 1.24. The summed E-state index contributed by atoms with van der Waals surface area (Å²) in [6.45, 7) is 3.69. The van der Waals surface area contributed by atoms with Gasteiger partial charge in [-0.05, 0) is 50.8 Å². The zero-order valence-electron chi connectivity index (χ0n) is 25.8. The number of halogens is 3. The number of carbonyl (C=O) groups is 1. The lowest BCUT2D eigenvalue weighted by Crippen LogP contribution is -2.46. The van der Waals surface area contributed by atoms with E-state index in [0.717, 1.165) is 19.4 Å². The number of nitrogens with zero attached hydrogens (tertiary/aromatic N) is 6. The number of aromatic amines is 1. The molecule has 15 heteroatoms. The van der Waals surface area contributed by atoms with Gasteiger partial charge >= 0.3 is 12.2 Å². The predicted molar refractivity (Wildman–Crippen MR) is 163 cm³/mol. The van der Waals surface area contributed by atoms with E-state index in [9.17, 15) is 4.79 Å². The smallest absolute Gasteiger partial charge is 0.463 e. The lowest BCUT2D eigenvalue weighted by Gasteiger charge is -2.32. The highest BCUT2D eigenvalue weighted by Crippen LogP contribution is 2.39.